The molecule has 0 heterocycles. The predicted octanol–water partition coefficient (Wildman–Crippen LogP) is 16.8. The summed E-state index contributed by atoms with van der Waals surface area (Å²) in [5, 5.41) is 13.2. The molecular weight excluding hydrogens is 687 g/mol. The number of nitrogens with one attached hydrogen (secondary N) is 1. The molecule has 2 N–H and O–H groups in total. The van der Waals surface area contributed by atoms with Gasteiger partial charge in [-0.05, 0) is 51.4 Å². The molecule has 4 heteroatoms. The van der Waals surface area contributed by atoms with E-state index in [0.717, 1.165) is 51.4 Å². The van der Waals surface area contributed by atoms with Gasteiger partial charge in [0.05, 0.1) is 6.10 Å². The van der Waals surface area contributed by atoms with Gasteiger partial charge < -0.3 is 10.4 Å². The molecule has 0 saturated heterocycles. The summed E-state index contributed by atoms with van der Waals surface area (Å²) in [7, 11) is 0. The number of allylic oxidation sites excluding steroid dienone is 2. The van der Waals surface area contributed by atoms with Gasteiger partial charge in [0, 0.05) is 25.8 Å². The number of Topliss-reactive ketones (excluding diaryl/α,β-unsaturated/α-hetero) is 1. The Bertz CT molecular complexity index is 810. The van der Waals surface area contributed by atoms with Crippen molar-refractivity contribution in [2.75, 3.05) is 6.54 Å². The van der Waals surface area contributed by atoms with Crippen LogP contribution in [0.3, 0.4) is 0 Å². The lowest BCUT2D eigenvalue weighted by molar-refractivity contribution is -0.121. The maximum Gasteiger partial charge on any atom is 0.220 e. The Kier molecular flexibility index (Phi) is 47.2. The molecular formula is C52H101NO3. The number of unbranched alkanes of at least 4 members (excludes halogenated alkanes) is 36. The summed E-state index contributed by atoms with van der Waals surface area (Å²) in [5.41, 5.74) is 0. The van der Waals surface area contributed by atoms with Gasteiger partial charge in [-0.1, -0.05) is 238 Å². The first kappa shape index (κ1) is 54.8. The second-order valence-electron chi connectivity index (χ2n) is 17.8. The molecule has 0 aromatic heterocycles. The minimum absolute atomic E-state index is 0.102. The van der Waals surface area contributed by atoms with Crippen LogP contribution in [-0.4, -0.2) is 29.4 Å². The van der Waals surface area contributed by atoms with Crippen LogP contribution in [0.25, 0.3) is 0 Å². The summed E-state index contributed by atoms with van der Waals surface area (Å²) in [6, 6.07) is 0. The van der Waals surface area contributed by atoms with Gasteiger partial charge in [0.15, 0.2) is 0 Å². The molecule has 4 nitrogen and oxygen atoms in total. The molecule has 0 saturated carbocycles. The largest absolute Gasteiger partial charge is 0.391 e. The third-order valence-electron chi connectivity index (χ3n) is 12.0. The Morgan fingerprint density at radius 1 is 0.393 bits per heavy atom. The van der Waals surface area contributed by atoms with E-state index in [1.807, 2.05) is 0 Å². The van der Waals surface area contributed by atoms with Crippen LogP contribution in [-0.2, 0) is 9.59 Å². The Hall–Kier alpha value is -1.16. The fourth-order valence-corrected chi connectivity index (χ4v) is 8.07. The maximum atomic E-state index is 12.2. The number of carbonyl (C=O) groups is 2. The van der Waals surface area contributed by atoms with Gasteiger partial charge in [0.1, 0.15) is 5.78 Å². The maximum absolute atomic E-state index is 12.2. The monoisotopic (exact) mass is 788 g/mol. The van der Waals surface area contributed by atoms with E-state index in [4.69, 9.17) is 0 Å². The molecule has 1 atom stereocenters. The summed E-state index contributed by atoms with van der Waals surface area (Å²) >= 11 is 0. The van der Waals surface area contributed by atoms with Gasteiger partial charge in [-0.2, -0.15) is 0 Å². The number of ketones is 1. The lowest BCUT2D eigenvalue weighted by Gasteiger charge is -2.12. The average molecular weight is 788 g/mol. The lowest BCUT2D eigenvalue weighted by atomic mass is 10.0. The normalized spacial score (nSPS) is 12.2. The van der Waals surface area contributed by atoms with Crippen LogP contribution in [0.5, 0.6) is 0 Å². The second kappa shape index (κ2) is 48.2. The van der Waals surface area contributed by atoms with E-state index in [0.29, 0.717) is 18.7 Å². The molecule has 0 aromatic rings. The summed E-state index contributed by atoms with van der Waals surface area (Å²) in [6.07, 6.45) is 59.5. The van der Waals surface area contributed by atoms with Crippen LogP contribution >= 0.6 is 0 Å². The average Bonchev–Trinajstić information content (AvgIpc) is 3.20. The zero-order valence-corrected chi connectivity index (χ0v) is 38.3. The van der Waals surface area contributed by atoms with Gasteiger partial charge in [0.25, 0.3) is 0 Å². The number of hydrogen-bond acceptors (Lipinski definition) is 3. The van der Waals surface area contributed by atoms with Crippen molar-refractivity contribution in [2.45, 2.75) is 302 Å². The van der Waals surface area contributed by atoms with Crippen molar-refractivity contribution in [1.82, 2.24) is 5.32 Å². The third-order valence-corrected chi connectivity index (χ3v) is 12.0. The van der Waals surface area contributed by atoms with Crippen molar-refractivity contribution in [3.8, 4) is 0 Å². The summed E-state index contributed by atoms with van der Waals surface area (Å²) in [6.45, 7) is 4.97. The highest BCUT2D eigenvalue weighted by Crippen LogP contribution is 2.16. The van der Waals surface area contributed by atoms with E-state index in [1.54, 1.807) is 0 Å². The van der Waals surface area contributed by atoms with Crippen molar-refractivity contribution in [3.05, 3.63) is 12.2 Å². The highest BCUT2D eigenvalue weighted by Gasteiger charge is 2.07. The Labute approximate surface area is 351 Å². The fraction of sp³-hybridized carbons (Fsp3) is 0.923. The SMILES string of the molecule is CCCCCCCC/C=C\CCCCCCCC(=O)CCCCCCCCCCCCCCCC(=O)NCC(O)CCCCCCCCCCCCCCCC. The lowest BCUT2D eigenvalue weighted by Crippen LogP contribution is -2.31. The van der Waals surface area contributed by atoms with Gasteiger partial charge in [-0.25, -0.2) is 0 Å². The van der Waals surface area contributed by atoms with E-state index in [-0.39, 0.29) is 5.91 Å². The van der Waals surface area contributed by atoms with Gasteiger partial charge in [-0.15, -0.1) is 0 Å². The van der Waals surface area contributed by atoms with E-state index >= 15 is 0 Å². The second-order valence-corrected chi connectivity index (χ2v) is 17.8. The Morgan fingerprint density at radius 3 is 1.04 bits per heavy atom. The summed E-state index contributed by atoms with van der Waals surface area (Å²) in [4.78, 5) is 24.4. The van der Waals surface area contributed by atoms with Crippen LogP contribution in [0.2, 0.25) is 0 Å². The first-order valence-electron chi connectivity index (χ1n) is 25.7. The molecule has 1 amide bonds. The molecule has 0 aromatic carbocycles. The van der Waals surface area contributed by atoms with Crippen molar-refractivity contribution < 1.29 is 14.7 Å². The first-order valence-corrected chi connectivity index (χ1v) is 25.7. The number of aliphatic hydroxyl groups is 1. The highest BCUT2D eigenvalue weighted by atomic mass is 16.3. The number of carbonyl (C=O) groups excluding carboxylic acids is 2. The molecule has 0 fully saturated rings. The Balaban J connectivity index is 3.30. The number of rotatable bonds is 48. The fourth-order valence-electron chi connectivity index (χ4n) is 8.07. The molecule has 1 unspecified atom stereocenters. The smallest absolute Gasteiger partial charge is 0.220 e. The number of amides is 1. The third kappa shape index (κ3) is 47.2. The minimum atomic E-state index is -0.399. The van der Waals surface area contributed by atoms with E-state index in [9.17, 15) is 14.7 Å². The summed E-state index contributed by atoms with van der Waals surface area (Å²) in [5.74, 6) is 0.594. The van der Waals surface area contributed by atoms with Crippen molar-refractivity contribution in [3.63, 3.8) is 0 Å². The van der Waals surface area contributed by atoms with E-state index in [2.05, 4.69) is 31.3 Å². The molecule has 0 aliphatic heterocycles. The summed E-state index contributed by atoms with van der Waals surface area (Å²) < 4.78 is 0. The van der Waals surface area contributed by atoms with Gasteiger partial charge in [-0.3, -0.25) is 9.59 Å². The van der Waals surface area contributed by atoms with E-state index in [1.165, 1.54) is 225 Å². The molecule has 0 radical (unpaired) electrons. The molecule has 0 aliphatic rings. The van der Waals surface area contributed by atoms with Crippen molar-refractivity contribution >= 4 is 11.7 Å². The van der Waals surface area contributed by atoms with Crippen molar-refractivity contribution in [1.29, 1.82) is 0 Å². The van der Waals surface area contributed by atoms with Crippen LogP contribution in [0.1, 0.15) is 296 Å². The molecule has 332 valence electrons. The predicted molar refractivity (Wildman–Crippen MR) is 248 cm³/mol. The van der Waals surface area contributed by atoms with Crippen molar-refractivity contribution in [2.24, 2.45) is 0 Å². The minimum Gasteiger partial charge on any atom is -0.391 e. The molecule has 0 rings (SSSR count). The van der Waals surface area contributed by atoms with E-state index < -0.39 is 6.10 Å². The quantitative estimate of drug-likeness (QED) is 0.0477. The highest BCUT2D eigenvalue weighted by molar-refractivity contribution is 5.78. The number of hydrogen-bond donors (Lipinski definition) is 2. The van der Waals surface area contributed by atoms with Gasteiger partial charge in [0.2, 0.25) is 5.91 Å². The number of aliphatic hydroxyl groups excluding tert-OH is 1. The topological polar surface area (TPSA) is 66.4 Å². The molecule has 56 heavy (non-hydrogen) atoms. The van der Waals surface area contributed by atoms with Gasteiger partial charge >= 0.3 is 0 Å². The van der Waals surface area contributed by atoms with Crippen LogP contribution in [0.15, 0.2) is 12.2 Å². The molecule has 0 spiro atoms. The Morgan fingerprint density at radius 2 is 0.679 bits per heavy atom. The van der Waals surface area contributed by atoms with Crippen LogP contribution in [0, 0.1) is 0 Å². The van der Waals surface area contributed by atoms with Crippen LogP contribution in [0.4, 0.5) is 0 Å². The standard InChI is InChI=1S/C52H101NO3/c1-3-5-7-9-11-13-15-17-19-22-25-29-33-37-41-45-50(54)46-42-38-34-30-26-23-20-24-28-32-36-40-44-48-52(56)53-49-51(55)47-43-39-35-31-27-21-18-16-14-12-10-8-6-4-2/h17,19,51,55H,3-16,18,20-49H2,1-2H3,(H,53,56)/b19-17-. The molecule has 0 aliphatic carbocycles. The zero-order valence-electron chi connectivity index (χ0n) is 38.3. The van der Waals surface area contributed by atoms with Crippen LogP contribution < -0.4 is 5.32 Å². The zero-order chi connectivity index (χ0) is 40.7. The molecule has 0 bridgehead atoms. The first-order chi connectivity index (χ1) is 27.6.